The number of aromatic hydroxyl groups is 2. The van der Waals surface area contributed by atoms with E-state index in [0.717, 1.165) is 36.4 Å². The number of nitro benzene ring substituents is 1. The standard InChI is InChI=1S/C13H9F3N2O2.C6H5FN2O3/c14-7-1-3-11(9(15)5-7)17-13(20)18-12-4-2-8(19)6-10(12)16;7-5-3(8)1-2-4(10)6(5)9(11)12/h1-6,19H,(H2,17,18,20);1-2,10H,8H2. The van der Waals surface area contributed by atoms with E-state index in [9.17, 15) is 32.5 Å². The molecule has 0 saturated heterocycles. The zero-order valence-electron chi connectivity index (χ0n) is 15.8. The van der Waals surface area contributed by atoms with Gasteiger partial charge in [0.2, 0.25) is 5.82 Å². The molecule has 0 saturated carbocycles. The number of nitrogens with one attached hydrogen (secondary N) is 2. The monoisotopic (exact) mass is 454 g/mol. The number of carbonyl (C=O) groups is 1. The van der Waals surface area contributed by atoms with E-state index < -0.39 is 45.7 Å². The first-order valence-electron chi connectivity index (χ1n) is 8.42. The number of hydrogen-bond donors (Lipinski definition) is 5. The number of urea groups is 1. The van der Waals surface area contributed by atoms with Crippen molar-refractivity contribution in [2.75, 3.05) is 16.4 Å². The predicted octanol–water partition coefficient (Wildman–Crippen LogP) is 4.48. The van der Waals surface area contributed by atoms with Gasteiger partial charge in [-0.25, -0.2) is 18.0 Å². The third-order valence-corrected chi connectivity index (χ3v) is 3.69. The number of phenols is 2. The lowest BCUT2D eigenvalue weighted by atomic mass is 10.2. The summed E-state index contributed by atoms with van der Waals surface area (Å²) in [5.74, 6) is -4.81. The number of carbonyl (C=O) groups excluding carboxylic acids is 1. The molecule has 13 heteroatoms. The van der Waals surface area contributed by atoms with Crippen LogP contribution in [-0.4, -0.2) is 21.2 Å². The summed E-state index contributed by atoms with van der Waals surface area (Å²) in [7, 11) is 0. The van der Waals surface area contributed by atoms with Gasteiger partial charge in [0.1, 0.15) is 23.2 Å². The van der Waals surface area contributed by atoms with Crippen LogP contribution >= 0.6 is 0 Å². The summed E-state index contributed by atoms with van der Waals surface area (Å²) in [6.07, 6.45) is 0. The van der Waals surface area contributed by atoms with Gasteiger partial charge < -0.3 is 26.6 Å². The van der Waals surface area contributed by atoms with E-state index in [-0.39, 0.29) is 22.8 Å². The Morgan fingerprint density at radius 3 is 1.97 bits per heavy atom. The SMILES string of the molecule is Nc1ccc(O)c([N+](=O)[O-])c1F.O=C(Nc1ccc(O)cc1F)Nc1ccc(F)cc1F. The van der Waals surface area contributed by atoms with E-state index in [2.05, 4.69) is 10.6 Å². The molecule has 9 nitrogen and oxygen atoms in total. The van der Waals surface area contributed by atoms with Gasteiger partial charge in [-0.2, -0.15) is 4.39 Å². The normalized spacial score (nSPS) is 10.0. The molecule has 0 bridgehead atoms. The fraction of sp³-hybridized carbons (Fsp3) is 0. The van der Waals surface area contributed by atoms with Crippen molar-refractivity contribution in [1.82, 2.24) is 0 Å². The van der Waals surface area contributed by atoms with Crippen LogP contribution in [0.4, 0.5) is 45.1 Å². The number of rotatable bonds is 3. The summed E-state index contributed by atoms with van der Waals surface area (Å²) in [5.41, 5.74) is 3.25. The molecule has 0 spiro atoms. The van der Waals surface area contributed by atoms with Crippen molar-refractivity contribution in [2.24, 2.45) is 0 Å². The van der Waals surface area contributed by atoms with Crippen LogP contribution in [0, 0.1) is 33.4 Å². The first kappa shape index (κ1) is 23.7. The fourth-order valence-corrected chi connectivity index (χ4v) is 2.22. The predicted molar refractivity (Wildman–Crippen MR) is 106 cm³/mol. The maximum atomic E-state index is 13.4. The number of halogens is 4. The molecule has 0 radical (unpaired) electrons. The molecular formula is C19H14F4N4O5. The van der Waals surface area contributed by atoms with Crippen LogP contribution in [-0.2, 0) is 0 Å². The second-order valence-electron chi connectivity index (χ2n) is 5.96. The summed E-state index contributed by atoms with van der Waals surface area (Å²) >= 11 is 0. The third kappa shape index (κ3) is 5.98. The lowest BCUT2D eigenvalue weighted by Gasteiger charge is -2.09. The molecule has 32 heavy (non-hydrogen) atoms. The van der Waals surface area contributed by atoms with Gasteiger partial charge in [-0.05, 0) is 36.4 Å². The van der Waals surface area contributed by atoms with Gasteiger partial charge in [-0.15, -0.1) is 0 Å². The zero-order chi connectivity index (χ0) is 24.0. The van der Waals surface area contributed by atoms with E-state index in [4.69, 9.17) is 15.9 Å². The van der Waals surface area contributed by atoms with E-state index in [1.165, 1.54) is 6.07 Å². The van der Waals surface area contributed by atoms with Crippen molar-refractivity contribution >= 4 is 28.8 Å². The lowest BCUT2D eigenvalue weighted by Crippen LogP contribution is -2.20. The van der Waals surface area contributed by atoms with Gasteiger partial charge in [-0.3, -0.25) is 10.1 Å². The number of nitrogen functional groups attached to an aromatic ring is 1. The molecule has 0 aliphatic rings. The smallest absolute Gasteiger partial charge is 0.348 e. The molecule has 0 atom stereocenters. The summed E-state index contributed by atoms with van der Waals surface area (Å²) in [6.45, 7) is 0. The molecule has 3 aromatic carbocycles. The molecule has 3 rings (SSSR count). The van der Waals surface area contributed by atoms with E-state index in [1.54, 1.807) is 0 Å². The lowest BCUT2D eigenvalue weighted by molar-refractivity contribution is -0.388. The van der Waals surface area contributed by atoms with Crippen molar-refractivity contribution in [2.45, 2.75) is 0 Å². The van der Waals surface area contributed by atoms with Crippen molar-refractivity contribution in [3.05, 3.63) is 81.9 Å². The molecule has 0 unspecified atom stereocenters. The van der Waals surface area contributed by atoms with Crippen molar-refractivity contribution in [3.63, 3.8) is 0 Å². The molecule has 0 aliphatic carbocycles. The van der Waals surface area contributed by atoms with E-state index in [0.29, 0.717) is 6.07 Å². The molecule has 0 heterocycles. The quantitative estimate of drug-likeness (QED) is 0.129. The van der Waals surface area contributed by atoms with E-state index in [1.807, 2.05) is 0 Å². The Bertz CT molecular complexity index is 1120. The van der Waals surface area contributed by atoms with Gasteiger partial charge in [0, 0.05) is 12.1 Å². The molecule has 168 valence electrons. The molecule has 0 fully saturated rings. The second kappa shape index (κ2) is 9.97. The minimum atomic E-state index is -1.21. The molecule has 2 amide bonds. The largest absolute Gasteiger partial charge is 0.508 e. The molecule has 3 aromatic rings. The van der Waals surface area contributed by atoms with Crippen molar-refractivity contribution < 1.29 is 37.5 Å². The van der Waals surface area contributed by atoms with Crippen LogP contribution in [0.5, 0.6) is 11.5 Å². The number of phenolic OH excluding ortho intramolecular Hbond substituents is 2. The average molecular weight is 454 g/mol. The van der Waals surface area contributed by atoms with Crippen LogP contribution in [0.2, 0.25) is 0 Å². The minimum Gasteiger partial charge on any atom is -0.508 e. The average Bonchev–Trinajstić information content (AvgIpc) is 2.70. The van der Waals surface area contributed by atoms with Crippen molar-refractivity contribution in [1.29, 1.82) is 0 Å². The highest BCUT2D eigenvalue weighted by atomic mass is 19.1. The molecular weight excluding hydrogens is 440 g/mol. The number of amides is 2. The van der Waals surface area contributed by atoms with Crippen LogP contribution < -0.4 is 16.4 Å². The molecule has 0 aromatic heterocycles. The molecule has 6 N–H and O–H groups in total. The van der Waals surface area contributed by atoms with Crippen LogP contribution in [0.3, 0.4) is 0 Å². The minimum absolute atomic E-state index is 0.192. The topological polar surface area (TPSA) is 151 Å². The maximum Gasteiger partial charge on any atom is 0.348 e. The third-order valence-electron chi connectivity index (χ3n) is 3.69. The Labute approximate surface area is 176 Å². The van der Waals surface area contributed by atoms with Crippen LogP contribution in [0.1, 0.15) is 0 Å². The number of benzene rings is 3. The summed E-state index contributed by atoms with van der Waals surface area (Å²) in [4.78, 5) is 20.7. The first-order valence-corrected chi connectivity index (χ1v) is 8.42. The van der Waals surface area contributed by atoms with Crippen molar-refractivity contribution in [3.8, 4) is 11.5 Å². The van der Waals surface area contributed by atoms with Crippen LogP contribution in [0.25, 0.3) is 0 Å². The maximum absolute atomic E-state index is 13.4. The Morgan fingerprint density at radius 1 is 0.906 bits per heavy atom. The Hall–Kier alpha value is -4.55. The van der Waals surface area contributed by atoms with Gasteiger partial charge in [0.05, 0.1) is 22.0 Å². The Balaban J connectivity index is 0.000000258. The Morgan fingerprint density at radius 2 is 1.47 bits per heavy atom. The summed E-state index contributed by atoms with van der Waals surface area (Å²) in [5, 5.41) is 32.2. The highest BCUT2D eigenvalue weighted by Crippen LogP contribution is 2.31. The second-order valence-corrected chi connectivity index (χ2v) is 5.96. The fourth-order valence-electron chi connectivity index (χ4n) is 2.22. The highest BCUT2D eigenvalue weighted by molar-refractivity contribution is 5.99. The first-order chi connectivity index (χ1) is 15.0. The van der Waals surface area contributed by atoms with E-state index >= 15 is 0 Å². The number of nitrogens with two attached hydrogens (primary N) is 1. The van der Waals surface area contributed by atoms with Gasteiger partial charge in [0.15, 0.2) is 5.75 Å². The number of nitrogens with zero attached hydrogens (tertiary/aromatic N) is 1. The number of hydrogen-bond acceptors (Lipinski definition) is 6. The number of nitro groups is 1. The Kier molecular flexibility index (Phi) is 7.39. The zero-order valence-corrected chi connectivity index (χ0v) is 15.8. The summed E-state index contributed by atoms with van der Waals surface area (Å²) < 4.78 is 52.1. The van der Waals surface area contributed by atoms with Gasteiger partial charge in [0.25, 0.3) is 0 Å². The van der Waals surface area contributed by atoms with Gasteiger partial charge >= 0.3 is 11.7 Å². The van der Waals surface area contributed by atoms with Crippen LogP contribution in [0.15, 0.2) is 48.5 Å². The number of anilines is 3. The van der Waals surface area contributed by atoms with Gasteiger partial charge in [-0.1, -0.05) is 0 Å². The highest BCUT2D eigenvalue weighted by Gasteiger charge is 2.21. The molecule has 0 aliphatic heterocycles. The summed E-state index contributed by atoms with van der Waals surface area (Å²) in [6, 6.07) is 6.87.